The molecule has 7 heteroatoms. The van der Waals surface area contributed by atoms with Gasteiger partial charge in [-0.15, -0.1) is 11.3 Å². The van der Waals surface area contributed by atoms with E-state index < -0.39 is 0 Å². The van der Waals surface area contributed by atoms with Crippen LogP contribution in [0.2, 0.25) is 0 Å². The number of thiophene rings is 1. The number of aromatic nitrogens is 2. The molecule has 0 aliphatic rings. The molecular formula is C13H11N3O2S2. The van der Waals surface area contributed by atoms with E-state index in [1.165, 1.54) is 11.3 Å². The summed E-state index contributed by atoms with van der Waals surface area (Å²) < 4.78 is 6.92. The minimum Gasteiger partial charge on any atom is -0.497 e. The smallest absolute Gasteiger partial charge is 0.290 e. The van der Waals surface area contributed by atoms with Crippen molar-refractivity contribution in [3.63, 3.8) is 0 Å². The molecule has 1 aromatic carbocycles. The maximum atomic E-state index is 12.1. The lowest BCUT2D eigenvalue weighted by atomic mass is 10.2. The highest BCUT2D eigenvalue weighted by Crippen LogP contribution is 2.32. The number of rotatable bonds is 2. The van der Waals surface area contributed by atoms with Gasteiger partial charge in [0.2, 0.25) is 0 Å². The van der Waals surface area contributed by atoms with Gasteiger partial charge >= 0.3 is 0 Å². The highest BCUT2D eigenvalue weighted by molar-refractivity contribution is 7.71. The van der Waals surface area contributed by atoms with Crippen LogP contribution in [0.3, 0.4) is 0 Å². The predicted molar refractivity (Wildman–Crippen MR) is 83.4 cm³/mol. The third kappa shape index (κ3) is 2.00. The summed E-state index contributed by atoms with van der Waals surface area (Å²) in [5.41, 5.74) is 1.39. The molecule has 5 nitrogen and oxygen atoms in total. The van der Waals surface area contributed by atoms with E-state index in [1.807, 2.05) is 30.3 Å². The first-order valence-corrected chi connectivity index (χ1v) is 7.01. The van der Waals surface area contributed by atoms with Crippen molar-refractivity contribution in [2.24, 2.45) is 0 Å². The van der Waals surface area contributed by atoms with E-state index in [4.69, 9.17) is 22.8 Å². The van der Waals surface area contributed by atoms with Crippen LogP contribution in [-0.2, 0) is 0 Å². The number of nitrogens with one attached hydrogen (secondary N) is 1. The van der Waals surface area contributed by atoms with E-state index in [0.29, 0.717) is 10.2 Å². The van der Waals surface area contributed by atoms with E-state index in [9.17, 15) is 4.79 Å². The number of hydrogen-bond donors (Lipinski definition) is 2. The van der Waals surface area contributed by atoms with Crippen LogP contribution in [0.1, 0.15) is 0 Å². The second kappa shape index (κ2) is 4.77. The number of nitrogens with two attached hydrogens (primary N) is 1. The molecule has 102 valence electrons. The fraction of sp³-hybridized carbons (Fsp3) is 0.0769. The quantitative estimate of drug-likeness (QED) is 0.563. The number of ether oxygens (including phenoxy) is 1. The zero-order chi connectivity index (χ0) is 14.3. The molecule has 3 aromatic rings. The van der Waals surface area contributed by atoms with E-state index in [0.717, 1.165) is 20.9 Å². The van der Waals surface area contributed by atoms with Crippen LogP contribution < -0.4 is 16.1 Å². The molecule has 0 aliphatic heterocycles. The van der Waals surface area contributed by atoms with Gasteiger partial charge in [0.05, 0.1) is 12.6 Å². The van der Waals surface area contributed by atoms with Gasteiger partial charge in [-0.05, 0) is 36.0 Å². The van der Waals surface area contributed by atoms with Crippen LogP contribution in [0.4, 0.5) is 0 Å². The summed E-state index contributed by atoms with van der Waals surface area (Å²) in [5, 5.41) is 0. The molecular weight excluding hydrogens is 294 g/mol. The molecule has 0 atom stereocenters. The second-order valence-corrected chi connectivity index (χ2v) is 5.63. The van der Waals surface area contributed by atoms with Crippen molar-refractivity contribution in [3.8, 4) is 16.2 Å². The number of methoxy groups -OCH3 is 1. The van der Waals surface area contributed by atoms with Gasteiger partial charge in [-0.1, -0.05) is 12.1 Å². The van der Waals surface area contributed by atoms with Gasteiger partial charge in [0.1, 0.15) is 10.4 Å². The zero-order valence-corrected chi connectivity index (χ0v) is 12.2. The Kier molecular flexibility index (Phi) is 3.07. The van der Waals surface area contributed by atoms with Gasteiger partial charge in [-0.25, -0.2) is 0 Å². The molecule has 0 aliphatic carbocycles. The Morgan fingerprint density at radius 1 is 1.40 bits per heavy atom. The monoisotopic (exact) mass is 305 g/mol. The summed E-state index contributed by atoms with van der Waals surface area (Å²) in [4.78, 5) is 16.0. The van der Waals surface area contributed by atoms with Crippen molar-refractivity contribution in [2.45, 2.75) is 0 Å². The van der Waals surface area contributed by atoms with Crippen LogP contribution in [0, 0.1) is 4.77 Å². The maximum Gasteiger partial charge on any atom is 0.290 e. The highest BCUT2D eigenvalue weighted by Gasteiger charge is 2.10. The summed E-state index contributed by atoms with van der Waals surface area (Å²) >= 11 is 6.37. The van der Waals surface area contributed by atoms with E-state index in [-0.39, 0.29) is 10.3 Å². The first-order chi connectivity index (χ1) is 9.60. The molecule has 0 fully saturated rings. The Morgan fingerprint density at radius 3 is 2.95 bits per heavy atom. The van der Waals surface area contributed by atoms with Crippen LogP contribution >= 0.6 is 23.6 Å². The summed E-state index contributed by atoms with van der Waals surface area (Å²) in [5.74, 6) is 6.36. The summed E-state index contributed by atoms with van der Waals surface area (Å²) in [6, 6.07) is 9.55. The highest BCUT2D eigenvalue weighted by atomic mass is 32.1. The molecule has 0 radical (unpaired) electrons. The average molecular weight is 305 g/mol. The van der Waals surface area contributed by atoms with Crippen molar-refractivity contribution in [1.29, 1.82) is 0 Å². The van der Waals surface area contributed by atoms with Crippen molar-refractivity contribution in [3.05, 3.63) is 45.5 Å². The lowest BCUT2D eigenvalue weighted by molar-refractivity contribution is 0.415. The van der Waals surface area contributed by atoms with Crippen LogP contribution in [0.25, 0.3) is 20.7 Å². The minimum absolute atomic E-state index is 0.206. The molecule has 2 aromatic heterocycles. The first-order valence-electron chi connectivity index (χ1n) is 5.78. The molecule has 0 unspecified atom stereocenters. The predicted octanol–water partition coefficient (Wildman–Crippen LogP) is 2.51. The average Bonchev–Trinajstić information content (AvgIpc) is 2.89. The topological polar surface area (TPSA) is 73.0 Å². The Labute approximate surface area is 123 Å². The molecule has 3 rings (SSSR count). The fourth-order valence-electron chi connectivity index (χ4n) is 1.94. The number of hydrogen-bond acceptors (Lipinski definition) is 5. The number of nitrogens with zero attached hydrogens (tertiary/aromatic N) is 1. The molecule has 0 saturated heterocycles. The third-order valence-corrected chi connectivity index (χ3v) is 4.43. The molecule has 0 spiro atoms. The largest absolute Gasteiger partial charge is 0.497 e. The molecule has 20 heavy (non-hydrogen) atoms. The molecule has 0 saturated carbocycles. The maximum absolute atomic E-state index is 12.1. The third-order valence-electron chi connectivity index (χ3n) is 2.96. The SMILES string of the molecule is COc1cccc(-c2cc3[nH]c(=S)n(N)c(=O)c3s2)c1. The van der Waals surface area contributed by atoms with Crippen LogP contribution in [-0.4, -0.2) is 16.8 Å². The summed E-state index contributed by atoms with van der Waals surface area (Å²) in [6.07, 6.45) is 0. The van der Waals surface area contributed by atoms with Crippen molar-refractivity contribution in [2.75, 3.05) is 13.0 Å². The standard InChI is InChI=1S/C13H11N3O2S2/c1-18-8-4-2-3-7(5-8)10-6-9-11(20-10)12(17)16(14)13(19)15-9/h2-6H,14H2,1H3,(H,15,19). The van der Waals surface area contributed by atoms with Gasteiger partial charge in [0.15, 0.2) is 4.77 Å². The number of benzene rings is 1. The second-order valence-electron chi connectivity index (χ2n) is 4.19. The lowest BCUT2D eigenvalue weighted by Crippen LogP contribution is -2.27. The van der Waals surface area contributed by atoms with Crippen molar-refractivity contribution < 1.29 is 4.74 Å². The first kappa shape index (κ1) is 12.9. The molecule has 0 bridgehead atoms. The number of H-pyrrole nitrogens is 1. The van der Waals surface area contributed by atoms with Gasteiger partial charge in [-0.2, -0.15) is 4.68 Å². The summed E-state index contributed by atoms with van der Waals surface area (Å²) in [7, 11) is 1.62. The Bertz CT molecular complexity index is 908. The Morgan fingerprint density at radius 2 is 2.20 bits per heavy atom. The zero-order valence-electron chi connectivity index (χ0n) is 10.5. The number of fused-ring (bicyclic) bond motifs is 1. The van der Waals surface area contributed by atoms with Crippen molar-refractivity contribution in [1.82, 2.24) is 9.66 Å². The van der Waals surface area contributed by atoms with Gasteiger partial charge in [-0.3, -0.25) is 4.79 Å². The molecule has 3 N–H and O–H groups in total. The van der Waals surface area contributed by atoms with E-state index >= 15 is 0 Å². The van der Waals surface area contributed by atoms with Crippen molar-refractivity contribution >= 4 is 33.8 Å². The van der Waals surface area contributed by atoms with Gasteiger partial charge in [0, 0.05) is 4.88 Å². The lowest BCUT2D eigenvalue weighted by Gasteiger charge is -2.01. The minimum atomic E-state index is -0.289. The van der Waals surface area contributed by atoms with Crippen LogP contribution in [0.15, 0.2) is 35.1 Å². The molecule has 0 amide bonds. The Balaban J connectivity index is 2.25. The Hall–Kier alpha value is -2.12. The fourth-order valence-corrected chi connectivity index (χ4v) is 3.18. The number of nitrogen functional groups attached to an aromatic ring is 1. The number of aromatic amines is 1. The molecule has 2 heterocycles. The van der Waals surface area contributed by atoms with Crippen LogP contribution in [0.5, 0.6) is 5.75 Å². The van der Waals surface area contributed by atoms with Gasteiger partial charge in [0.25, 0.3) is 5.56 Å². The summed E-state index contributed by atoms with van der Waals surface area (Å²) in [6.45, 7) is 0. The van der Waals surface area contributed by atoms with E-state index in [2.05, 4.69) is 4.98 Å². The normalized spacial score (nSPS) is 10.8. The van der Waals surface area contributed by atoms with Gasteiger partial charge < -0.3 is 15.6 Å². The van der Waals surface area contributed by atoms with E-state index in [1.54, 1.807) is 7.11 Å².